The Morgan fingerprint density at radius 3 is 2.19 bits per heavy atom. The summed E-state index contributed by atoms with van der Waals surface area (Å²) in [5.41, 5.74) is 0.810. The second-order valence-corrected chi connectivity index (χ2v) is 9.26. The number of nitrogens with zero attached hydrogens (tertiary/aromatic N) is 1. The molecule has 2 atom stereocenters. The minimum absolute atomic E-state index is 0.0955. The van der Waals surface area contributed by atoms with Crippen molar-refractivity contribution in [2.45, 2.75) is 72.2 Å². The van der Waals surface area contributed by atoms with Crippen LogP contribution in [0.4, 0.5) is 4.79 Å². The van der Waals surface area contributed by atoms with Crippen LogP contribution < -0.4 is 10.6 Å². The van der Waals surface area contributed by atoms with Gasteiger partial charge in [-0.15, -0.1) is 0 Å². The number of carbonyl (C=O) groups excluding carboxylic acids is 3. The first-order valence-corrected chi connectivity index (χ1v) is 10.6. The molecular weight excluding hydrogens is 394 g/mol. The van der Waals surface area contributed by atoms with E-state index in [1.807, 2.05) is 45.9 Å². The number of benzene rings is 1. The summed E-state index contributed by atoms with van der Waals surface area (Å²) in [5.74, 6) is -0.892. The first-order chi connectivity index (χ1) is 14.3. The maximum Gasteiger partial charge on any atom is 0.408 e. The third-order valence-electron chi connectivity index (χ3n) is 4.48. The molecule has 31 heavy (non-hydrogen) atoms. The molecule has 0 aromatic heterocycles. The van der Waals surface area contributed by atoms with Crippen molar-refractivity contribution in [2.24, 2.45) is 5.92 Å². The lowest BCUT2D eigenvalue weighted by Gasteiger charge is -2.33. The molecule has 0 aliphatic carbocycles. The zero-order valence-electron chi connectivity index (χ0n) is 20.0. The third kappa shape index (κ3) is 8.07. The fourth-order valence-electron chi connectivity index (χ4n) is 3.07. The second kappa shape index (κ2) is 11.0. The molecule has 172 valence electrons. The van der Waals surface area contributed by atoms with Crippen LogP contribution in [0.5, 0.6) is 0 Å². The van der Waals surface area contributed by atoms with Crippen LogP contribution in [0.15, 0.2) is 30.8 Å². The first-order valence-electron chi connectivity index (χ1n) is 10.6. The quantitative estimate of drug-likeness (QED) is 0.653. The fourth-order valence-corrected chi connectivity index (χ4v) is 3.07. The highest BCUT2D eigenvalue weighted by molar-refractivity contribution is 5.92. The Morgan fingerprint density at radius 1 is 1.10 bits per heavy atom. The molecule has 0 spiro atoms. The van der Waals surface area contributed by atoms with Gasteiger partial charge in [0.25, 0.3) is 0 Å². The number of alkyl carbamates (subject to hydrolysis) is 1. The largest absolute Gasteiger partial charge is 0.444 e. The van der Waals surface area contributed by atoms with Crippen molar-refractivity contribution >= 4 is 24.0 Å². The molecule has 3 amide bonds. The zero-order chi connectivity index (χ0) is 23.9. The molecule has 0 radical (unpaired) electrons. The normalized spacial score (nSPS) is 13.4. The van der Waals surface area contributed by atoms with E-state index in [9.17, 15) is 14.4 Å². The van der Waals surface area contributed by atoms with Crippen molar-refractivity contribution in [3.63, 3.8) is 0 Å². The molecule has 0 heterocycles. The predicted molar refractivity (Wildman–Crippen MR) is 123 cm³/mol. The van der Waals surface area contributed by atoms with E-state index in [2.05, 4.69) is 17.2 Å². The van der Waals surface area contributed by atoms with E-state index in [0.29, 0.717) is 5.56 Å². The van der Waals surface area contributed by atoms with Crippen molar-refractivity contribution in [3.8, 4) is 0 Å². The Kier molecular flexibility index (Phi) is 9.28. The molecule has 2 N–H and O–H groups in total. The van der Waals surface area contributed by atoms with Crippen molar-refractivity contribution in [1.82, 2.24) is 15.5 Å². The van der Waals surface area contributed by atoms with E-state index in [4.69, 9.17) is 4.74 Å². The van der Waals surface area contributed by atoms with Crippen LogP contribution in [0.3, 0.4) is 0 Å². The number of likely N-dealkylation sites (N-methyl/N-ethyl adjacent to an activating group) is 1. The van der Waals surface area contributed by atoms with Crippen LogP contribution in [-0.2, 0) is 14.3 Å². The summed E-state index contributed by atoms with van der Waals surface area (Å²) in [5, 5.41) is 5.55. The Labute approximate surface area is 186 Å². The highest BCUT2D eigenvalue weighted by atomic mass is 16.6. The van der Waals surface area contributed by atoms with Gasteiger partial charge in [0.15, 0.2) is 0 Å². The molecule has 0 aliphatic rings. The van der Waals surface area contributed by atoms with Crippen LogP contribution in [-0.4, -0.2) is 47.5 Å². The van der Waals surface area contributed by atoms with Gasteiger partial charge in [0, 0.05) is 13.1 Å². The van der Waals surface area contributed by atoms with Gasteiger partial charge in [0.05, 0.1) is 0 Å². The monoisotopic (exact) mass is 431 g/mol. The van der Waals surface area contributed by atoms with E-state index in [1.165, 1.54) is 4.90 Å². The van der Waals surface area contributed by atoms with E-state index in [1.54, 1.807) is 40.0 Å². The lowest BCUT2D eigenvalue weighted by molar-refractivity contribution is -0.141. The number of ether oxygens (including phenoxy) is 1. The summed E-state index contributed by atoms with van der Waals surface area (Å²) in [6.45, 7) is 16.4. The topological polar surface area (TPSA) is 87.7 Å². The molecule has 0 aliphatic heterocycles. The number of hydrogen-bond acceptors (Lipinski definition) is 4. The number of nitrogens with one attached hydrogen (secondary N) is 2. The molecule has 0 bridgehead atoms. The first kappa shape index (κ1) is 26.2. The average molecular weight is 432 g/mol. The second-order valence-electron chi connectivity index (χ2n) is 9.26. The highest BCUT2D eigenvalue weighted by Gasteiger charge is 2.35. The van der Waals surface area contributed by atoms with E-state index < -0.39 is 23.8 Å². The van der Waals surface area contributed by atoms with Crippen LogP contribution in [0.1, 0.15) is 65.6 Å². The highest BCUT2D eigenvalue weighted by Crippen LogP contribution is 2.24. The van der Waals surface area contributed by atoms with Gasteiger partial charge in [0.1, 0.15) is 17.7 Å². The molecule has 7 nitrogen and oxygen atoms in total. The summed E-state index contributed by atoms with van der Waals surface area (Å²) in [4.78, 5) is 40.1. The van der Waals surface area contributed by atoms with E-state index in [0.717, 1.165) is 5.56 Å². The molecule has 1 aromatic carbocycles. The van der Waals surface area contributed by atoms with E-state index in [-0.39, 0.29) is 23.8 Å². The smallest absolute Gasteiger partial charge is 0.408 e. The number of amides is 3. The Bertz CT molecular complexity index is 796. The van der Waals surface area contributed by atoms with Crippen molar-refractivity contribution < 1.29 is 19.1 Å². The third-order valence-corrected chi connectivity index (χ3v) is 4.48. The minimum atomic E-state index is -0.864. The summed E-state index contributed by atoms with van der Waals surface area (Å²) in [7, 11) is 1.57. The molecule has 0 saturated carbocycles. The SMILES string of the molecule is C=Cc1cccc(C(C(=O)NC(C)C)N(C)C(=O)C(NC(=O)OC(C)(C)C)C(C)C)c1. The van der Waals surface area contributed by atoms with Gasteiger partial charge in [0.2, 0.25) is 11.8 Å². The Balaban J connectivity index is 3.26. The van der Waals surface area contributed by atoms with Gasteiger partial charge in [-0.1, -0.05) is 44.7 Å². The van der Waals surface area contributed by atoms with Crippen molar-refractivity contribution in [2.75, 3.05) is 7.05 Å². The molecule has 1 rings (SSSR count). The maximum absolute atomic E-state index is 13.4. The predicted octanol–water partition coefficient (Wildman–Crippen LogP) is 3.90. The number of rotatable bonds is 8. The molecule has 2 unspecified atom stereocenters. The lowest BCUT2D eigenvalue weighted by atomic mass is 9.98. The number of carbonyl (C=O) groups is 3. The minimum Gasteiger partial charge on any atom is -0.444 e. The summed E-state index contributed by atoms with van der Waals surface area (Å²) in [6.07, 6.45) is 1.01. The van der Waals surface area contributed by atoms with Gasteiger partial charge in [-0.3, -0.25) is 9.59 Å². The van der Waals surface area contributed by atoms with Gasteiger partial charge in [-0.2, -0.15) is 0 Å². The molecular formula is C24H37N3O4. The molecule has 0 saturated heterocycles. The van der Waals surface area contributed by atoms with Crippen LogP contribution in [0.2, 0.25) is 0 Å². The lowest BCUT2D eigenvalue weighted by Crippen LogP contribution is -2.54. The van der Waals surface area contributed by atoms with Crippen LogP contribution >= 0.6 is 0 Å². The van der Waals surface area contributed by atoms with Gasteiger partial charge in [-0.05, 0) is 57.7 Å². The zero-order valence-corrected chi connectivity index (χ0v) is 20.0. The van der Waals surface area contributed by atoms with Gasteiger partial charge in [-0.25, -0.2) is 4.79 Å². The maximum atomic E-state index is 13.4. The van der Waals surface area contributed by atoms with Crippen molar-refractivity contribution in [3.05, 3.63) is 42.0 Å². The van der Waals surface area contributed by atoms with E-state index >= 15 is 0 Å². The summed E-state index contributed by atoms with van der Waals surface area (Å²) in [6, 6.07) is 5.51. The van der Waals surface area contributed by atoms with Crippen molar-refractivity contribution in [1.29, 1.82) is 0 Å². The Morgan fingerprint density at radius 2 is 1.71 bits per heavy atom. The Hall–Kier alpha value is -2.83. The fraction of sp³-hybridized carbons (Fsp3) is 0.542. The standard InChI is InChI=1S/C24H37N3O4/c1-10-17-12-11-13-18(14-17)20(21(28)25-16(4)5)27(9)22(29)19(15(2)3)26-23(30)31-24(6,7)8/h10-16,19-20H,1H2,2-9H3,(H,25,28)(H,26,30). The molecule has 1 aromatic rings. The molecule has 7 heteroatoms. The van der Waals surface area contributed by atoms with Crippen LogP contribution in [0.25, 0.3) is 6.08 Å². The summed E-state index contributed by atoms with van der Waals surface area (Å²) >= 11 is 0. The van der Waals surface area contributed by atoms with Crippen LogP contribution in [0, 0.1) is 5.92 Å². The van der Waals surface area contributed by atoms with Gasteiger partial charge >= 0.3 is 6.09 Å². The summed E-state index contributed by atoms with van der Waals surface area (Å²) < 4.78 is 5.31. The average Bonchev–Trinajstić information content (AvgIpc) is 2.63. The number of hydrogen-bond donors (Lipinski definition) is 2. The molecule has 0 fully saturated rings. The van der Waals surface area contributed by atoms with Gasteiger partial charge < -0.3 is 20.3 Å².